The number of rotatable bonds is 1. The molecule has 7 nitrogen and oxygen atoms in total. The Kier molecular flexibility index (Phi) is 3.26. The summed E-state index contributed by atoms with van der Waals surface area (Å²) in [5.41, 5.74) is -1.44. The Bertz CT molecular complexity index is 473. The number of aliphatic hydroxyl groups is 2. The molecule has 3 atom stereocenters. The zero-order valence-electron chi connectivity index (χ0n) is 9.29. The van der Waals surface area contributed by atoms with Crippen LogP contribution in [0.5, 0.6) is 0 Å². The van der Waals surface area contributed by atoms with Crippen LogP contribution in [0.15, 0.2) is 15.7 Å². The van der Waals surface area contributed by atoms with E-state index >= 15 is 0 Å². The quantitative estimate of drug-likeness (QED) is 0.617. The number of oxime groups is 1. The van der Waals surface area contributed by atoms with Crippen LogP contribution in [0.2, 0.25) is 0 Å². The van der Waals surface area contributed by atoms with Gasteiger partial charge in [-0.05, 0) is 22.0 Å². The molecule has 2 N–H and O–H groups in total. The fourth-order valence-corrected chi connectivity index (χ4v) is 2.47. The second-order valence-electron chi connectivity index (χ2n) is 4.00. The molecule has 98 valence electrons. The monoisotopic (exact) mass is 319 g/mol. The van der Waals surface area contributed by atoms with Crippen LogP contribution in [0, 0.1) is 0 Å². The molecule has 1 aliphatic carbocycles. The van der Waals surface area contributed by atoms with Crippen LogP contribution in [0.3, 0.4) is 0 Å². The topological polar surface area (TPSA) is 105 Å². The van der Waals surface area contributed by atoms with Crippen molar-refractivity contribution in [3.05, 3.63) is 10.6 Å². The summed E-state index contributed by atoms with van der Waals surface area (Å²) in [6, 6.07) is 0. The van der Waals surface area contributed by atoms with Gasteiger partial charge in [-0.1, -0.05) is 5.16 Å². The van der Waals surface area contributed by atoms with Crippen molar-refractivity contribution in [2.24, 2.45) is 5.16 Å². The average molecular weight is 320 g/mol. The van der Waals surface area contributed by atoms with Crippen molar-refractivity contribution in [2.75, 3.05) is 7.11 Å². The molecule has 1 aliphatic heterocycles. The molecular weight excluding hydrogens is 310 g/mol. The van der Waals surface area contributed by atoms with Gasteiger partial charge >= 0.3 is 5.97 Å². The third-order valence-corrected chi connectivity index (χ3v) is 3.49. The number of aliphatic hydroxyl groups excluding tert-OH is 2. The summed E-state index contributed by atoms with van der Waals surface area (Å²) in [5.74, 6) is -1.33. The minimum atomic E-state index is -1.63. The number of carbonyl (C=O) groups excluding carboxylic acids is 2. The standard InChI is InChI=1S/C10H10BrNO6/c1-17-9(16)5-3-10(18-12-5)2-4(11)6(13)7(14)8(10)15/h2,7-8,14-15H,3H2,1H3/t7-,8-,10+/m0/s1. The van der Waals surface area contributed by atoms with Crippen molar-refractivity contribution in [3.63, 3.8) is 0 Å². The van der Waals surface area contributed by atoms with E-state index < -0.39 is 29.6 Å². The Hall–Kier alpha value is -1.25. The van der Waals surface area contributed by atoms with Gasteiger partial charge in [-0.15, -0.1) is 0 Å². The summed E-state index contributed by atoms with van der Waals surface area (Å²) in [5, 5.41) is 23.0. The molecule has 0 saturated carbocycles. The minimum Gasteiger partial charge on any atom is -0.464 e. The number of ether oxygens (including phenoxy) is 1. The van der Waals surface area contributed by atoms with E-state index in [9.17, 15) is 19.8 Å². The lowest BCUT2D eigenvalue weighted by Crippen LogP contribution is -2.54. The average Bonchev–Trinajstić information content (AvgIpc) is 2.78. The van der Waals surface area contributed by atoms with Gasteiger partial charge in [0.15, 0.2) is 11.3 Å². The highest BCUT2D eigenvalue weighted by Crippen LogP contribution is 2.37. The molecular formula is C10H10BrNO6. The molecule has 0 aromatic carbocycles. The predicted octanol–water partition coefficient (Wildman–Crippen LogP) is -0.742. The van der Waals surface area contributed by atoms with Gasteiger partial charge in [0, 0.05) is 6.42 Å². The van der Waals surface area contributed by atoms with E-state index in [1.807, 2.05) is 0 Å². The molecule has 0 amide bonds. The summed E-state index contributed by atoms with van der Waals surface area (Å²) in [7, 11) is 1.19. The van der Waals surface area contributed by atoms with Gasteiger partial charge < -0.3 is 19.8 Å². The van der Waals surface area contributed by atoms with E-state index in [0.29, 0.717) is 0 Å². The second kappa shape index (κ2) is 4.45. The first-order valence-electron chi connectivity index (χ1n) is 5.03. The Balaban J connectivity index is 2.30. The Morgan fingerprint density at radius 2 is 2.33 bits per heavy atom. The molecule has 0 aromatic heterocycles. The first-order valence-corrected chi connectivity index (χ1v) is 5.82. The number of methoxy groups -OCH3 is 1. The van der Waals surface area contributed by atoms with Crippen molar-refractivity contribution >= 4 is 33.4 Å². The van der Waals surface area contributed by atoms with Crippen LogP contribution in [0.4, 0.5) is 0 Å². The van der Waals surface area contributed by atoms with Crippen molar-refractivity contribution in [3.8, 4) is 0 Å². The summed E-state index contributed by atoms with van der Waals surface area (Å²) >= 11 is 2.97. The van der Waals surface area contributed by atoms with Gasteiger partial charge in [-0.3, -0.25) is 4.79 Å². The highest BCUT2D eigenvalue weighted by atomic mass is 79.9. The van der Waals surface area contributed by atoms with Crippen LogP contribution in [-0.4, -0.2) is 52.6 Å². The molecule has 0 unspecified atom stereocenters. The third-order valence-electron chi connectivity index (χ3n) is 2.87. The van der Waals surface area contributed by atoms with E-state index in [-0.39, 0.29) is 16.6 Å². The van der Waals surface area contributed by atoms with Crippen LogP contribution in [0.25, 0.3) is 0 Å². The lowest BCUT2D eigenvalue weighted by atomic mass is 9.82. The van der Waals surface area contributed by atoms with Crippen LogP contribution >= 0.6 is 15.9 Å². The number of esters is 1. The molecule has 18 heavy (non-hydrogen) atoms. The highest BCUT2D eigenvalue weighted by molar-refractivity contribution is 9.12. The number of hydrogen-bond donors (Lipinski definition) is 2. The summed E-state index contributed by atoms with van der Waals surface area (Å²) in [6.45, 7) is 0. The van der Waals surface area contributed by atoms with Crippen LogP contribution in [-0.2, 0) is 19.2 Å². The predicted molar refractivity (Wildman–Crippen MR) is 61.9 cm³/mol. The van der Waals surface area contributed by atoms with Crippen LogP contribution in [0.1, 0.15) is 6.42 Å². The molecule has 1 heterocycles. The molecule has 0 fully saturated rings. The molecule has 2 aliphatic rings. The van der Waals surface area contributed by atoms with E-state index in [0.717, 1.165) is 0 Å². The summed E-state index contributed by atoms with van der Waals surface area (Å²) < 4.78 is 4.56. The maximum Gasteiger partial charge on any atom is 0.356 e. The van der Waals surface area contributed by atoms with Gasteiger partial charge in [-0.2, -0.15) is 0 Å². The number of halogens is 1. The van der Waals surface area contributed by atoms with E-state index in [1.54, 1.807) is 0 Å². The molecule has 8 heteroatoms. The van der Waals surface area contributed by atoms with Crippen molar-refractivity contribution < 1.29 is 29.4 Å². The van der Waals surface area contributed by atoms with Gasteiger partial charge in [0.2, 0.25) is 5.78 Å². The molecule has 1 spiro atoms. The molecule has 0 saturated heterocycles. The van der Waals surface area contributed by atoms with Gasteiger partial charge in [-0.25, -0.2) is 4.79 Å². The highest BCUT2D eigenvalue weighted by Gasteiger charge is 2.54. The number of Topliss-reactive ketones (excluding diaryl/α,β-unsaturated/α-hetero) is 1. The minimum absolute atomic E-state index is 0.0188. The summed E-state index contributed by atoms with van der Waals surface area (Å²) in [4.78, 5) is 27.8. The number of nitrogens with zero attached hydrogens (tertiary/aromatic N) is 1. The van der Waals surface area contributed by atoms with Crippen molar-refractivity contribution in [2.45, 2.75) is 24.2 Å². The third kappa shape index (κ3) is 1.86. The lowest BCUT2D eigenvalue weighted by molar-refractivity contribution is -0.150. The second-order valence-corrected chi connectivity index (χ2v) is 4.85. The SMILES string of the molecule is COC(=O)C1=NO[C@]2(C=C(Br)C(=O)[C@H](O)[C@@H]2O)C1. The smallest absolute Gasteiger partial charge is 0.356 e. The molecule has 2 rings (SSSR count). The van der Waals surface area contributed by atoms with Gasteiger partial charge in [0.1, 0.15) is 12.2 Å². The lowest BCUT2D eigenvalue weighted by Gasteiger charge is -2.34. The first-order chi connectivity index (χ1) is 8.41. The number of carbonyl (C=O) groups is 2. The first kappa shape index (κ1) is 13.2. The summed E-state index contributed by atoms with van der Waals surface area (Å²) in [6.07, 6.45) is -1.92. The normalized spacial score (nSPS) is 35.0. The van der Waals surface area contributed by atoms with E-state index in [4.69, 9.17) is 4.84 Å². The zero-order chi connectivity index (χ0) is 13.5. The van der Waals surface area contributed by atoms with Gasteiger partial charge in [0.25, 0.3) is 0 Å². The van der Waals surface area contributed by atoms with E-state index in [1.165, 1.54) is 13.2 Å². The Morgan fingerprint density at radius 3 is 2.94 bits per heavy atom. The fourth-order valence-electron chi connectivity index (χ4n) is 1.85. The Labute approximate surface area is 110 Å². The van der Waals surface area contributed by atoms with E-state index in [2.05, 4.69) is 25.8 Å². The number of hydrogen-bond acceptors (Lipinski definition) is 7. The molecule has 0 radical (unpaired) electrons. The molecule has 0 aromatic rings. The zero-order valence-corrected chi connectivity index (χ0v) is 10.9. The molecule has 0 bridgehead atoms. The van der Waals surface area contributed by atoms with Crippen molar-refractivity contribution in [1.82, 2.24) is 0 Å². The maximum atomic E-state index is 11.4. The Morgan fingerprint density at radius 1 is 1.67 bits per heavy atom. The maximum absolute atomic E-state index is 11.4. The van der Waals surface area contributed by atoms with Gasteiger partial charge in [0.05, 0.1) is 11.6 Å². The fraction of sp³-hybridized carbons (Fsp3) is 0.500. The van der Waals surface area contributed by atoms with Crippen molar-refractivity contribution in [1.29, 1.82) is 0 Å². The largest absolute Gasteiger partial charge is 0.464 e. The van der Waals surface area contributed by atoms with Crippen LogP contribution < -0.4 is 0 Å². The number of ketones is 1.